The summed E-state index contributed by atoms with van der Waals surface area (Å²) < 4.78 is 5.87. The highest BCUT2D eigenvalue weighted by Crippen LogP contribution is 2.42. The molecule has 7 nitrogen and oxygen atoms in total. The number of nitro benzene ring substituents is 1. The molecule has 0 radical (unpaired) electrons. The molecule has 1 atom stereocenters. The molecule has 1 unspecified atom stereocenters. The first kappa shape index (κ1) is 21.2. The number of nitro groups is 1. The first-order valence-electron chi connectivity index (χ1n) is 9.86. The van der Waals surface area contributed by atoms with Gasteiger partial charge in [0.1, 0.15) is 5.58 Å². The molecule has 33 heavy (non-hydrogen) atoms. The van der Waals surface area contributed by atoms with Gasteiger partial charge in [-0.3, -0.25) is 24.6 Å². The van der Waals surface area contributed by atoms with E-state index in [-0.39, 0.29) is 28.0 Å². The van der Waals surface area contributed by atoms with E-state index in [1.165, 1.54) is 35.2 Å². The number of carbonyl (C=O) groups excluding carboxylic acids is 1. The van der Waals surface area contributed by atoms with Crippen LogP contribution in [0.25, 0.3) is 11.0 Å². The summed E-state index contributed by atoms with van der Waals surface area (Å²) in [5.41, 5.74) is 1.35. The second kappa shape index (κ2) is 7.72. The number of rotatable bonds is 3. The average Bonchev–Trinajstić information content (AvgIpc) is 3.09. The fourth-order valence-electron chi connectivity index (χ4n) is 4.07. The summed E-state index contributed by atoms with van der Waals surface area (Å²) in [6, 6.07) is 14.5. The average molecular weight is 481 g/mol. The summed E-state index contributed by atoms with van der Waals surface area (Å²) in [5, 5.41) is 12.4. The lowest BCUT2D eigenvalue weighted by atomic mass is 9.97. The Bertz CT molecular complexity index is 1550. The minimum Gasteiger partial charge on any atom is -0.450 e. The maximum Gasteiger partial charge on any atom is 0.295 e. The van der Waals surface area contributed by atoms with E-state index in [0.29, 0.717) is 21.3 Å². The maximum absolute atomic E-state index is 13.6. The van der Waals surface area contributed by atoms with E-state index in [0.717, 1.165) is 5.56 Å². The molecule has 1 aromatic heterocycles. The van der Waals surface area contributed by atoms with Gasteiger partial charge in [0.15, 0.2) is 5.43 Å². The Morgan fingerprint density at radius 3 is 2.55 bits per heavy atom. The molecule has 164 valence electrons. The number of halogens is 2. The highest BCUT2D eigenvalue weighted by atomic mass is 35.5. The van der Waals surface area contributed by atoms with Crippen molar-refractivity contribution in [1.29, 1.82) is 0 Å². The molecule has 0 saturated heterocycles. The number of anilines is 1. The molecule has 0 bridgehead atoms. The minimum absolute atomic E-state index is 0.0898. The zero-order valence-corrected chi connectivity index (χ0v) is 18.6. The van der Waals surface area contributed by atoms with Crippen molar-refractivity contribution in [3.05, 3.63) is 113 Å². The van der Waals surface area contributed by atoms with E-state index in [1.807, 2.05) is 6.92 Å². The molecule has 2 heterocycles. The van der Waals surface area contributed by atoms with Crippen LogP contribution in [-0.4, -0.2) is 10.8 Å². The lowest BCUT2D eigenvalue weighted by molar-refractivity contribution is -0.384. The standard InChI is InChI=1S/C24H14Cl2N2O5/c1-12-5-7-15(11-18(12)26)27-21(13-3-2-4-16(9-13)28(31)32)20-22(29)17-10-14(25)6-8-19(17)33-23(20)24(27)30/h2-11,21H,1H3. The van der Waals surface area contributed by atoms with Gasteiger partial charge in [-0.25, -0.2) is 0 Å². The Kier molecular flexibility index (Phi) is 4.96. The highest BCUT2D eigenvalue weighted by molar-refractivity contribution is 6.32. The number of benzene rings is 3. The van der Waals surface area contributed by atoms with Crippen LogP contribution < -0.4 is 10.3 Å². The number of hydrogen-bond acceptors (Lipinski definition) is 5. The number of hydrogen-bond donors (Lipinski definition) is 0. The third kappa shape index (κ3) is 3.37. The normalized spacial score (nSPS) is 15.2. The van der Waals surface area contributed by atoms with E-state index in [2.05, 4.69) is 0 Å². The third-order valence-electron chi connectivity index (χ3n) is 5.66. The first-order valence-corrected chi connectivity index (χ1v) is 10.6. The Morgan fingerprint density at radius 2 is 1.82 bits per heavy atom. The van der Waals surface area contributed by atoms with Crippen molar-refractivity contribution in [2.75, 3.05) is 4.90 Å². The van der Waals surface area contributed by atoms with Crippen LogP contribution in [0.15, 0.2) is 69.9 Å². The molecule has 0 saturated carbocycles. The van der Waals surface area contributed by atoms with Gasteiger partial charge in [0.2, 0.25) is 5.76 Å². The zero-order valence-electron chi connectivity index (χ0n) is 17.0. The van der Waals surface area contributed by atoms with Crippen LogP contribution in [0.2, 0.25) is 10.0 Å². The predicted molar refractivity (Wildman–Crippen MR) is 125 cm³/mol. The zero-order chi connectivity index (χ0) is 23.4. The predicted octanol–water partition coefficient (Wildman–Crippen LogP) is 6.07. The summed E-state index contributed by atoms with van der Waals surface area (Å²) in [4.78, 5) is 39.4. The molecule has 1 aliphatic rings. The van der Waals surface area contributed by atoms with Crippen LogP contribution in [0.5, 0.6) is 0 Å². The Labute approximate surface area is 196 Å². The van der Waals surface area contributed by atoms with Gasteiger partial charge in [0.05, 0.1) is 21.9 Å². The molecule has 1 amide bonds. The number of aryl methyl sites for hydroxylation is 1. The molecule has 0 fully saturated rings. The van der Waals surface area contributed by atoms with Crippen molar-refractivity contribution in [2.45, 2.75) is 13.0 Å². The minimum atomic E-state index is -0.953. The van der Waals surface area contributed by atoms with Crippen molar-refractivity contribution in [3.63, 3.8) is 0 Å². The van der Waals surface area contributed by atoms with E-state index < -0.39 is 22.3 Å². The van der Waals surface area contributed by atoms with Crippen molar-refractivity contribution < 1.29 is 14.1 Å². The van der Waals surface area contributed by atoms with Crippen molar-refractivity contribution in [1.82, 2.24) is 0 Å². The van der Waals surface area contributed by atoms with E-state index >= 15 is 0 Å². The van der Waals surface area contributed by atoms with Gasteiger partial charge >= 0.3 is 0 Å². The Morgan fingerprint density at radius 1 is 1.03 bits per heavy atom. The monoisotopic (exact) mass is 480 g/mol. The summed E-state index contributed by atoms with van der Waals surface area (Å²) in [6.07, 6.45) is 0. The number of non-ortho nitro benzene ring substituents is 1. The first-order chi connectivity index (χ1) is 15.8. The summed E-state index contributed by atoms with van der Waals surface area (Å²) in [5.74, 6) is -0.668. The van der Waals surface area contributed by atoms with E-state index in [1.54, 1.807) is 30.3 Å². The number of nitrogens with zero attached hydrogens (tertiary/aromatic N) is 2. The largest absolute Gasteiger partial charge is 0.450 e. The van der Waals surface area contributed by atoms with Crippen molar-refractivity contribution in [2.24, 2.45) is 0 Å². The van der Waals surface area contributed by atoms with Crippen LogP contribution in [0, 0.1) is 17.0 Å². The van der Waals surface area contributed by atoms with Crippen molar-refractivity contribution in [3.8, 4) is 0 Å². The van der Waals surface area contributed by atoms with Crippen LogP contribution in [0.3, 0.4) is 0 Å². The molecule has 5 rings (SSSR count). The third-order valence-corrected chi connectivity index (χ3v) is 6.30. The molecule has 0 N–H and O–H groups in total. The summed E-state index contributed by atoms with van der Waals surface area (Å²) in [7, 11) is 0. The van der Waals surface area contributed by atoms with Gasteiger partial charge in [-0.1, -0.05) is 41.4 Å². The van der Waals surface area contributed by atoms with Crippen LogP contribution >= 0.6 is 23.2 Å². The second-order valence-corrected chi connectivity index (χ2v) is 8.52. The molecule has 0 aliphatic carbocycles. The van der Waals surface area contributed by atoms with E-state index in [9.17, 15) is 19.7 Å². The number of amides is 1. The lowest BCUT2D eigenvalue weighted by Gasteiger charge is -2.25. The lowest BCUT2D eigenvalue weighted by Crippen LogP contribution is -2.29. The topological polar surface area (TPSA) is 93.7 Å². The molecular formula is C24H14Cl2N2O5. The molecular weight excluding hydrogens is 467 g/mol. The fraction of sp³-hybridized carbons (Fsp3) is 0.0833. The molecule has 4 aromatic rings. The van der Waals surface area contributed by atoms with Crippen molar-refractivity contribution >= 4 is 51.5 Å². The number of fused-ring (bicyclic) bond motifs is 2. The van der Waals surface area contributed by atoms with Gasteiger partial charge in [-0.05, 0) is 48.4 Å². The maximum atomic E-state index is 13.6. The summed E-state index contributed by atoms with van der Waals surface area (Å²) in [6.45, 7) is 1.83. The highest BCUT2D eigenvalue weighted by Gasteiger charge is 2.44. The molecule has 1 aliphatic heterocycles. The Hall–Kier alpha value is -3.68. The van der Waals surface area contributed by atoms with Gasteiger partial charge in [0.25, 0.3) is 11.6 Å². The molecule has 9 heteroatoms. The van der Waals surface area contributed by atoms with Crippen LogP contribution in [0.1, 0.15) is 33.3 Å². The van der Waals surface area contributed by atoms with Gasteiger partial charge in [-0.15, -0.1) is 0 Å². The van der Waals surface area contributed by atoms with Crippen LogP contribution in [0.4, 0.5) is 11.4 Å². The molecule has 0 spiro atoms. The molecule has 3 aromatic carbocycles. The van der Waals surface area contributed by atoms with Gasteiger partial charge in [0, 0.05) is 27.9 Å². The van der Waals surface area contributed by atoms with E-state index in [4.69, 9.17) is 27.6 Å². The van der Waals surface area contributed by atoms with Crippen LogP contribution in [-0.2, 0) is 0 Å². The van der Waals surface area contributed by atoms with Gasteiger partial charge in [-0.2, -0.15) is 0 Å². The summed E-state index contributed by atoms with van der Waals surface area (Å²) >= 11 is 12.4. The smallest absolute Gasteiger partial charge is 0.295 e. The second-order valence-electron chi connectivity index (χ2n) is 7.68. The fourth-order valence-corrected chi connectivity index (χ4v) is 4.41. The number of carbonyl (C=O) groups is 1. The van der Waals surface area contributed by atoms with Gasteiger partial charge < -0.3 is 4.42 Å². The Balaban J connectivity index is 1.83. The quantitative estimate of drug-likeness (QED) is 0.262. The SMILES string of the molecule is Cc1ccc(N2C(=O)c3oc4ccc(Cl)cc4c(=O)c3C2c2cccc([N+](=O)[O-])c2)cc1Cl.